The van der Waals surface area contributed by atoms with Gasteiger partial charge in [0.15, 0.2) is 0 Å². The van der Waals surface area contributed by atoms with E-state index < -0.39 is 10.8 Å². The number of carbonyl (C=O) groups excluding carboxylic acids is 1. The quantitative estimate of drug-likeness (QED) is 0.617. The molecule has 0 atom stereocenters. The Hall–Kier alpha value is -2.60. The van der Waals surface area contributed by atoms with Crippen LogP contribution in [0.3, 0.4) is 0 Å². The number of nitrogens with zero attached hydrogens (tertiary/aromatic N) is 2. The van der Waals surface area contributed by atoms with E-state index in [2.05, 4.69) is 10.2 Å². The minimum atomic E-state index is -0.481. The molecule has 26 heavy (non-hydrogen) atoms. The van der Waals surface area contributed by atoms with Crippen molar-refractivity contribution in [2.45, 2.75) is 26.2 Å². The maximum atomic E-state index is 12.7. The van der Waals surface area contributed by atoms with Gasteiger partial charge in [-0.3, -0.25) is 14.9 Å². The Bertz CT molecular complexity index is 848. The summed E-state index contributed by atoms with van der Waals surface area (Å²) in [5.41, 5.74) is 2.23. The molecule has 6 nitrogen and oxygen atoms in total. The molecule has 0 spiro atoms. The van der Waals surface area contributed by atoms with Crippen molar-refractivity contribution in [3.63, 3.8) is 0 Å². The molecular formula is C19H20ClN3O3. The number of benzene rings is 2. The van der Waals surface area contributed by atoms with Crippen LogP contribution < -0.4 is 10.2 Å². The van der Waals surface area contributed by atoms with Crippen molar-refractivity contribution in [3.8, 4) is 0 Å². The lowest BCUT2D eigenvalue weighted by atomic mass is 10.1. The van der Waals surface area contributed by atoms with Crippen LogP contribution in [0.2, 0.25) is 5.02 Å². The van der Waals surface area contributed by atoms with Gasteiger partial charge in [0, 0.05) is 35.3 Å². The van der Waals surface area contributed by atoms with Gasteiger partial charge in [-0.05, 0) is 50.5 Å². The van der Waals surface area contributed by atoms with Crippen molar-refractivity contribution in [1.29, 1.82) is 0 Å². The number of carbonyl (C=O) groups is 1. The number of aryl methyl sites for hydroxylation is 1. The predicted octanol–water partition coefficient (Wildman–Crippen LogP) is 4.80. The zero-order valence-corrected chi connectivity index (χ0v) is 15.3. The first-order valence-corrected chi connectivity index (χ1v) is 8.94. The van der Waals surface area contributed by atoms with Gasteiger partial charge in [0.2, 0.25) is 0 Å². The van der Waals surface area contributed by atoms with E-state index in [0.717, 1.165) is 31.6 Å². The van der Waals surface area contributed by atoms with Crippen LogP contribution in [-0.2, 0) is 0 Å². The monoisotopic (exact) mass is 373 g/mol. The summed E-state index contributed by atoms with van der Waals surface area (Å²) in [6, 6.07) is 9.89. The Morgan fingerprint density at radius 3 is 2.58 bits per heavy atom. The third kappa shape index (κ3) is 3.96. The minimum Gasteiger partial charge on any atom is -0.370 e. The first-order chi connectivity index (χ1) is 12.5. The number of hydrogen-bond acceptors (Lipinski definition) is 4. The number of amides is 1. The molecule has 1 saturated heterocycles. The second kappa shape index (κ2) is 7.74. The number of nitro groups is 1. The van der Waals surface area contributed by atoms with E-state index in [1.54, 1.807) is 31.2 Å². The normalized spacial score (nSPS) is 14.2. The van der Waals surface area contributed by atoms with Crippen LogP contribution in [0.4, 0.5) is 17.1 Å². The fraction of sp³-hybridized carbons (Fsp3) is 0.316. The van der Waals surface area contributed by atoms with Crippen LogP contribution in [0.15, 0.2) is 36.4 Å². The van der Waals surface area contributed by atoms with Crippen LogP contribution in [0.25, 0.3) is 0 Å². The van der Waals surface area contributed by atoms with E-state index in [1.165, 1.54) is 12.5 Å². The van der Waals surface area contributed by atoms with Gasteiger partial charge in [-0.1, -0.05) is 17.7 Å². The number of anilines is 2. The highest BCUT2D eigenvalue weighted by molar-refractivity contribution is 6.31. The van der Waals surface area contributed by atoms with E-state index in [9.17, 15) is 14.9 Å². The molecular weight excluding hydrogens is 354 g/mol. The van der Waals surface area contributed by atoms with Gasteiger partial charge >= 0.3 is 0 Å². The number of nitrogens with one attached hydrogen (secondary N) is 1. The Morgan fingerprint density at radius 1 is 1.15 bits per heavy atom. The molecule has 136 valence electrons. The number of rotatable bonds is 4. The Labute approximate surface area is 156 Å². The van der Waals surface area contributed by atoms with Gasteiger partial charge in [-0.25, -0.2) is 0 Å². The molecule has 0 aromatic heterocycles. The molecule has 2 aromatic rings. The molecule has 0 radical (unpaired) electrons. The second-order valence-corrected chi connectivity index (χ2v) is 6.86. The zero-order chi connectivity index (χ0) is 18.7. The zero-order valence-electron chi connectivity index (χ0n) is 14.5. The molecule has 1 fully saturated rings. The first kappa shape index (κ1) is 18.2. The molecule has 3 rings (SSSR count). The van der Waals surface area contributed by atoms with Gasteiger partial charge in [-0.15, -0.1) is 0 Å². The number of nitro benzene ring substituents is 1. The molecule has 2 aromatic carbocycles. The van der Waals surface area contributed by atoms with Crippen molar-refractivity contribution in [2.75, 3.05) is 23.3 Å². The van der Waals surface area contributed by atoms with Gasteiger partial charge in [0.25, 0.3) is 11.6 Å². The van der Waals surface area contributed by atoms with Crippen LogP contribution in [0.5, 0.6) is 0 Å². The third-order valence-electron chi connectivity index (χ3n) is 4.57. The number of halogens is 1. The van der Waals surface area contributed by atoms with E-state index in [1.807, 2.05) is 6.07 Å². The fourth-order valence-electron chi connectivity index (χ4n) is 3.16. The molecule has 0 unspecified atom stereocenters. The minimum absolute atomic E-state index is 0.0694. The highest BCUT2D eigenvalue weighted by Crippen LogP contribution is 2.32. The van der Waals surface area contributed by atoms with Crippen LogP contribution in [0.1, 0.15) is 35.2 Å². The van der Waals surface area contributed by atoms with Crippen molar-refractivity contribution in [1.82, 2.24) is 0 Å². The van der Waals surface area contributed by atoms with E-state index in [0.29, 0.717) is 16.3 Å². The summed E-state index contributed by atoms with van der Waals surface area (Å²) in [5, 5.41) is 14.5. The highest BCUT2D eigenvalue weighted by atomic mass is 35.5. The average Bonchev–Trinajstić information content (AvgIpc) is 2.62. The largest absolute Gasteiger partial charge is 0.370 e. The van der Waals surface area contributed by atoms with Crippen LogP contribution >= 0.6 is 11.6 Å². The summed E-state index contributed by atoms with van der Waals surface area (Å²) in [5.74, 6) is -0.395. The third-order valence-corrected chi connectivity index (χ3v) is 4.81. The molecule has 7 heteroatoms. The fourth-order valence-corrected chi connectivity index (χ4v) is 3.33. The maximum absolute atomic E-state index is 12.7. The van der Waals surface area contributed by atoms with E-state index in [-0.39, 0.29) is 11.3 Å². The van der Waals surface area contributed by atoms with E-state index >= 15 is 0 Å². The summed E-state index contributed by atoms with van der Waals surface area (Å²) < 4.78 is 0. The average molecular weight is 374 g/mol. The van der Waals surface area contributed by atoms with Gasteiger partial charge < -0.3 is 10.2 Å². The van der Waals surface area contributed by atoms with Gasteiger partial charge in [-0.2, -0.15) is 0 Å². The molecule has 1 amide bonds. The van der Waals surface area contributed by atoms with Crippen molar-refractivity contribution in [3.05, 3.63) is 62.7 Å². The van der Waals surface area contributed by atoms with Gasteiger partial charge in [0.05, 0.1) is 16.3 Å². The lowest BCUT2D eigenvalue weighted by Gasteiger charge is -2.30. The Morgan fingerprint density at radius 2 is 1.88 bits per heavy atom. The molecule has 1 aliphatic heterocycles. The summed E-state index contributed by atoms with van der Waals surface area (Å²) in [6.45, 7) is 3.51. The lowest BCUT2D eigenvalue weighted by Crippen LogP contribution is -2.30. The van der Waals surface area contributed by atoms with Gasteiger partial charge in [0.1, 0.15) is 0 Å². The Balaban J connectivity index is 1.88. The summed E-state index contributed by atoms with van der Waals surface area (Å²) in [7, 11) is 0. The molecule has 0 aliphatic carbocycles. The smallest absolute Gasteiger partial charge is 0.273 e. The lowest BCUT2D eigenvalue weighted by molar-refractivity contribution is -0.385. The Kier molecular flexibility index (Phi) is 5.42. The molecule has 0 bridgehead atoms. The molecule has 0 saturated carbocycles. The predicted molar refractivity (Wildman–Crippen MR) is 103 cm³/mol. The van der Waals surface area contributed by atoms with E-state index in [4.69, 9.17) is 11.6 Å². The SMILES string of the molecule is Cc1ccc(C(=O)Nc2cc(Cl)ccc2N2CCCCC2)cc1[N+](=O)[O-]. The highest BCUT2D eigenvalue weighted by Gasteiger charge is 2.19. The van der Waals surface area contributed by atoms with Crippen LogP contribution in [-0.4, -0.2) is 23.9 Å². The summed E-state index contributed by atoms with van der Waals surface area (Å²) in [6.07, 6.45) is 3.43. The van der Waals surface area contributed by atoms with Crippen molar-refractivity contribution in [2.24, 2.45) is 0 Å². The van der Waals surface area contributed by atoms with Crippen LogP contribution in [0, 0.1) is 17.0 Å². The topological polar surface area (TPSA) is 75.5 Å². The second-order valence-electron chi connectivity index (χ2n) is 6.42. The number of piperidine rings is 1. The first-order valence-electron chi connectivity index (χ1n) is 8.56. The maximum Gasteiger partial charge on any atom is 0.273 e. The molecule has 1 aliphatic rings. The number of hydrogen-bond donors (Lipinski definition) is 1. The molecule has 1 heterocycles. The van der Waals surface area contributed by atoms with Crippen molar-refractivity contribution < 1.29 is 9.72 Å². The van der Waals surface area contributed by atoms with Crippen molar-refractivity contribution >= 4 is 34.6 Å². The standard InChI is InChI=1S/C19H20ClN3O3/c1-13-5-6-14(11-18(13)23(25)26)19(24)21-16-12-15(20)7-8-17(16)22-9-3-2-4-10-22/h5-8,11-12H,2-4,9-10H2,1H3,(H,21,24). The summed E-state index contributed by atoms with van der Waals surface area (Å²) in [4.78, 5) is 25.5. The molecule has 1 N–H and O–H groups in total. The summed E-state index contributed by atoms with van der Waals surface area (Å²) >= 11 is 6.11.